The quantitative estimate of drug-likeness (QED) is 0.757. The van der Waals surface area contributed by atoms with Gasteiger partial charge in [0, 0.05) is 32.4 Å². The Morgan fingerprint density at radius 3 is 2.39 bits per heavy atom. The highest BCUT2D eigenvalue weighted by molar-refractivity contribution is 6.00. The number of rotatable bonds is 5. The first-order chi connectivity index (χ1) is 16.0. The molecule has 4 unspecified atom stereocenters. The van der Waals surface area contributed by atoms with Gasteiger partial charge in [0.1, 0.15) is 30.0 Å². The lowest BCUT2D eigenvalue weighted by atomic mass is 10.0. The molecule has 3 aliphatic heterocycles. The van der Waals surface area contributed by atoms with E-state index in [1.165, 1.54) is 4.90 Å². The molecule has 0 bridgehead atoms. The monoisotopic (exact) mass is 449 g/mol. The van der Waals surface area contributed by atoms with Crippen molar-refractivity contribution in [2.75, 3.05) is 31.6 Å². The largest absolute Gasteiger partial charge is 0.457 e. The van der Waals surface area contributed by atoms with Gasteiger partial charge in [-0.2, -0.15) is 0 Å². The van der Waals surface area contributed by atoms with Gasteiger partial charge in [-0.05, 0) is 48.7 Å². The van der Waals surface area contributed by atoms with Gasteiger partial charge in [-0.15, -0.1) is 0 Å². The van der Waals surface area contributed by atoms with Crippen LogP contribution in [-0.2, 0) is 4.79 Å². The molecule has 4 atom stereocenters. The maximum Gasteiger partial charge on any atom is 0.327 e. The highest BCUT2D eigenvalue weighted by Crippen LogP contribution is 2.35. The molecule has 8 nitrogen and oxygen atoms in total. The highest BCUT2D eigenvalue weighted by atomic mass is 16.5. The molecular formula is C25H31N5O3. The Morgan fingerprint density at radius 1 is 1.00 bits per heavy atom. The number of urea groups is 1. The number of carbonyl (C=O) groups is 2. The predicted molar refractivity (Wildman–Crippen MR) is 126 cm³/mol. The van der Waals surface area contributed by atoms with Crippen LogP contribution in [-0.4, -0.2) is 71.8 Å². The summed E-state index contributed by atoms with van der Waals surface area (Å²) in [7, 11) is 1.78. The number of anilines is 1. The van der Waals surface area contributed by atoms with Crippen molar-refractivity contribution in [3.05, 3.63) is 54.6 Å². The van der Waals surface area contributed by atoms with Crippen LogP contribution in [0.5, 0.6) is 11.5 Å². The fraction of sp³-hybridized carbons (Fsp3) is 0.440. The van der Waals surface area contributed by atoms with Crippen LogP contribution in [0.4, 0.5) is 10.5 Å². The lowest BCUT2D eigenvalue weighted by Crippen LogP contribution is -2.66. The van der Waals surface area contributed by atoms with E-state index in [1.807, 2.05) is 49.4 Å². The zero-order valence-corrected chi connectivity index (χ0v) is 19.3. The summed E-state index contributed by atoms with van der Waals surface area (Å²) in [4.78, 5) is 33.8. The van der Waals surface area contributed by atoms with Gasteiger partial charge in [-0.3, -0.25) is 19.9 Å². The molecule has 2 aromatic carbocycles. The van der Waals surface area contributed by atoms with E-state index >= 15 is 0 Å². The van der Waals surface area contributed by atoms with Gasteiger partial charge in [0.15, 0.2) is 0 Å². The summed E-state index contributed by atoms with van der Waals surface area (Å²) >= 11 is 0. The van der Waals surface area contributed by atoms with Gasteiger partial charge in [-0.1, -0.05) is 32.0 Å². The zero-order valence-electron chi connectivity index (χ0n) is 19.3. The highest BCUT2D eigenvalue weighted by Gasteiger charge is 2.56. The fourth-order valence-electron chi connectivity index (χ4n) is 5.18. The molecule has 3 aliphatic rings. The maximum absolute atomic E-state index is 13.3. The molecule has 174 valence electrons. The number of fused-ring (bicyclic) bond motifs is 3. The normalized spacial score (nSPS) is 27.5. The molecule has 1 N–H and O–H groups in total. The molecule has 0 spiro atoms. The van der Waals surface area contributed by atoms with Gasteiger partial charge in [0.25, 0.3) is 5.91 Å². The predicted octanol–water partition coefficient (Wildman–Crippen LogP) is 3.12. The third-order valence-corrected chi connectivity index (χ3v) is 6.68. The lowest BCUT2D eigenvalue weighted by molar-refractivity contribution is -0.138. The zero-order chi connectivity index (χ0) is 23.1. The summed E-state index contributed by atoms with van der Waals surface area (Å²) < 4.78 is 5.94. The first-order valence-electron chi connectivity index (χ1n) is 11.7. The van der Waals surface area contributed by atoms with Crippen molar-refractivity contribution in [1.82, 2.24) is 20.0 Å². The molecule has 3 fully saturated rings. The number of amides is 3. The van der Waals surface area contributed by atoms with Crippen LogP contribution < -0.4 is 15.0 Å². The number of para-hydroxylation sites is 1. The smallest absolute Gasteiger partial charge is 0.327 e. The van der Waals surface area contributed by atoms with Gasteiger partial charge in [0.2, 0.25) is 0 Å². The molecule has 0 aromatic heterocycles. The Balaban J connectivity index is 1.39. The molecule has 2 aromatic rings. The molecule has 0 aliphatic carbocycles. The van der Waals surface area contributed by atoms with E-state index in [-0.39, 0.29) is 30.4 Å². The average molecular weight is 450 g/mol. The van der Waals surface area contributed by atoms with Gasteiger partial charge in [0.05, 0.1) is 0 Å². The van der Waals surface area contributed by atoms with Crippen LogP contribution in [0.25, 0.3) is 0 Å². The SMILES string of the molecule is CCCN1C(=O)C2C(NC3N(c4ccc(Oc5ccccc5)cc4)CC(C)CN23)N(C)C1=O. The van der Waals surface area contributed by atoms with E-state index in [0.29, 0.717) is 12.5 Å². The van der Waals surface area contributed by atoms with Crippen LogP contribution in [0.1, 0.15) is 20.3 Å². The number of benzene rings is 2. The molecule has 5 rings (SSSR count). The van der Waals surface area contributed by atoms with Crippen molar-refractivity contribution in [2.24, 2.45) is 5.92 Å². The van der Waals surface area contributed by atoms with Crippen molar-refractivity contribution in [3.63, 3.8) is 0 Å². The summed E-state index contributed by atoms with van der Waals surface area (Å²) in [6, 6.07) is 17.2. The Bertz CT molecular complexity index is 1010. The number of likely N-dealkylation sites (N-methyl/N-ethyl adjacent to an activating group) is 1. The summed E-state index contributed by atoms with van der Waals surface area (Å²) in [6.07, 6.45) is 0.258. The number of imide groups is 1. The molecular weight excluding hydrogens is 418 g/mol. The number of nitrogens with zero attached hydrogens (tertiary/aromatic N) is 4. The van der Waals surface area contributed by atoms with E-state index < -0.39 is 0 Å². The van der Waals surface area contributed by atoms with Crippen LogP contribution >= 0.6 is 0 Å². The summed E-state index contributed by atoms with van der Waals surface area (Å²) in [6.45, 7) is 6.30. The number of nitrogens with one attached hydrogen (secondary N) is 1. The summed E-state index contributed by atoms with van der Waals surface area (Å²) in [5.41, 5.74) is 1.05. The van der Waals surface area contributed by atoms with Crippen LogP contribution in [0.2, 0.25) is 0 Å². The molecule has 3 saturated heterocycles. The van der Waals surface area contributed by atoms with E-state index in [4.69, 9.17) is 4.74 Å². The molecule has 3 heterocycles. The third kappa shape index (κ3) is 3.83. The molecule has 0 saturated carbocycles. The Hall–Kier alpha value is -3.10. The number of ether oxygens (including phenoxy) is 1. The molecule has 3 amide bonds. The van der Waals surface area contributed by atoms with E-state index in [0.717, 1.165) is 36.7 Å². The number of hydrogen-bond donors (Lipinski definition) is 1. The fourth-order valence-corrected chi connectivity index (χ4v) is 5.18. The second kappa shape index (κ2) is 8.68. The van der Waals surface area contributed by atoms with E-state index in [1.54, 1.807) is 11.9 Å². The Morgan fingerprint density at radius 2 is 1.70 bits per heavy atom. The number of hydrogen-bond acceptors (Lipinski definition) is 6. The minimum atomic E-state index is -0.379. The minimum absolute atomic E-state index is 0.0967. The van der Waals surface area contributed by atoms with Crippen LogP contribution in [0.15, 0.2) is 54.6 Å². The van der Waals surface area contributed by atoms with Crippen molar-refractivity contribution in [2.45, 2.75) is 38.8 Å². The third-order valence-electron chi connectivity index (χ3n) is 6.68. The first-order valence-corrected chi connectivity index (χ1v) is 11.7. The number of carbonyl (C=O) groups excluding carboxylic acids is 2. The maximum atomic E-state index is 13.3. The van der Waals surface area contributed by atoms with Crippen LogP contribution in [0, 0.1) is 5.92 Å². The van der Waals surface area contributed by atoms with Gasteiger partial charge < -0.3 is 14.5 Å². The topological polar surface area (TPSA) is 68.4 Å². The standard InChI is InChI=1S/C25H31N5O3/c1-4-14-28-23(31)21-22(27(3)25(28)32)26-24-29(15-17(2)16-30(21)24)18-10-12-20(13-11-18)33-19-8-6-5-7-9-19/h5-13,17,21-22,24,26H,4,14-16H2,1-3H3. The molecule has 8 heteroatoms. The van der Waals surface area contributed by atoms with Crippen LogP contribution in [0.3, 0.4) is 0 Å². The summed E-state index contributed by atoms with van der Waals surface area (Å²) in [5, 5.41) is 3.57. The molecule has 33 heavy (non-hydrogen) atoms. The van der Waals surface area contributed by atoms with Crippen molar-refractivity contribution < 1.29 is 14.3 Å². The second-order valence-electron chi connectivity index (χ2n) is 9.18. The summed E-state index contributed by atoms with van der Waals surface area (Å²) in [5.74, 6) is 1.85. The van der Waals surface area contributed by atoms with Crippen molar-refractivity contribution >= 4 is 17.6 Å². The second-order valence-corrected chi connectivity index (χ2v) is 9.18. The Kier molecular flexibility index (Phi) is 5.72. The van der Waals surface area contributed by atoms with Crippen molar-refractivity contribution in [1.29, 1.82) is 0 Å². The average Bonchev–Trinajstić information content (AvgIpc) is 3.21. The minimum Gasteiger partial charge on any atom is -0.457 e. The van der Waals surface area contributed by atoms with Gasteiger partial charge in [-0.25, -0.2) is 4.79 Å². The first kappa shape index (κ1) is 21.7. The Labute approximate surface area is 194 Å². The lowest BCUT2D eigenvalue weighted by Gasteiger charge is -2.46. The van der Waals surface area contributed by atoms with E-state index in [2.05, 4.69) is 34.2 Å². The molecule has 0 radical (unpaired) electrons. The van der Waals surface area contributed by atoms with Gasteiger partial charge >= 0.3 is 6.03 Å². The van der Waals surface area contributed by atoms with Crippen molar-refractivity contribution in [3.8, 4) is 11.5 Å². The van der Waals surface area contributed by atoms with E-state index in [9.17, 15) is 9.59 Å².